The van der Waals surface area contributed by atoms with Crippen LogP contribution in [0.1, 0.15) is 25.5 Å². The minimum atomic E-state index is -0.998. The molecule has 1 saturated carbocycles. The maximum Gasteiger partial charge on any atom is 0.117 e. The molecule has 1 fully saturated rings. The highest BCUT2D eigenvalue weighted by atomic mass is 35.5. The molecule has 2 N–H and O–H groups in total. The van der Waals surface area contributed by atoms with Crippen molar-refractivity contribution in [3.63, 3.8) is 0 Å². The molecule has 0 bridgehead atoms. The van der Waals surface area contributed by atoms with Gasteiger partial charge in [0.05, 0.1) is 23.5 Å². The second kappa shape index (κ2) is 5.79. The molecule has 0 aromatic carbocycles. The summed E-state index contributed by atoms with van der Waals surface area (Å²) >= 11 is 6.19. The van der Waals surface area contributed by atoms with E-state index in [4.69, 9.17) is 11.6 Å². The summed E-state index contributed by atoms with van der Waals surface area (Å²) < 4.78 is 1.80. The highest BCUT2D eigenvalue weighted by Crippen LogP contribution is 2.29. The van der Waals surface area contributed by atoms with Gasteiger partial charge in [-0.3, -0.25) is 4.68 Å². The number of halogens is 1. The predicted molar refractivity (Wildman–Crippen MR) is 76.4 cm³/mol. The molecule has 0 amide bonds. The maximum absolute atomic E-state index is 10.7. The van der Waals surface area contributed by atoms with Crippen molar-refractivity contribution in [1.29, 1.82) is 0 Å². The quantitative estimate of drug-likeness (QED) is 0.787. The zero-order valence-corrected chi connectivity index (χ0v) is 12.6. The van der Waals surface area contributed by atoms with Crippen LogP contribution < -0.4 is 5.32 Å². The van der Waals surface area contributed by atoms with Crippen LogP contribution in [0.25, 0.3) is 0 Å². The van der Waals surface area contributed by atoms with Gasteiger partial charge in [-0.05, 0) is 33.9 Å². The second-order valence-corrected chi connectivity index (χ2v) is 6.20. The topological polar surface area (TPSA) is 53.3 Å². The Morgan fingerprint density at radius 3 is 2.84 bits per heavy atom. The molecule has 1 atom stereocenters. The SMILES string of the molecule is CN(C)CCn1ncc(Cl)c1C(C)(O)CNC1CC1. The lowest BCUT2D eigenvalue weighted by atomic mass is 10.0. The van der Waals surface area contributed by atoms with Crippen LogP contribution >= 0.6 is 11.6 Å². The molecular weight excluding hydrogens is 264 g/mol. The lowest BCUT2D eigenvalue weighted by Crippen LogP contribution is -2.39. The second-order valence-electron chi connectivity index (χ2n) is 5.80. The molecule has 1 heterocycles. The molecular formula is C13H23ClN4O. The highest BCUT2D eigenvalue weighted by molar-refractivity contribution is 6.31. The molecule has 0 aliphatic heterocycles. The van der Waals surface area contributed by atoms with E-state index in [1.165, 1.54) is 12.8 Å². The van der Waals surface area contributed by atoms with Gasteiger partial charge in [0.25, 0.3) is 0 Å². The van der Waals surface area contributed by atoms with E-state index in [1.54, 1.807) is 17.8 Å². The molecule has 108 valence electrons. The van der Waals surface area contributed by atoms with Gasteiger partial charge in [-0.1, -0.05) is 11.6 Å². The summed E-state index contributed by atoms with van der Waals surface area (Å²) in [5.41, 5.74) is -0.299. The number of rotatable bonds is 7. The van der Waals surface area contributed by atoms with Crippen LogP contribution in [0.4, 0.5) is 0 Å². The van der Waals surface area contributed by atoms with Crippen molar-refractivity contribution in [1.82, 2.24) is 20.0 Å². The number of nitrogens with one attached hydrogen (secondary N) is 1. The van der Waals surface area contributed by atoms with Crippen LogP contribution in [0.15, 0.2) is 6.20 Å². The fraction of sp³-hybridized carbons (Fsp3) is 0.769. The van der Waals surface area contributed by atoms with Crippen LogP contribution in [0.5, 0.6) is 0 Å². The number of aliphatic hydroxyl groups is 1. The third-order valence-corrected chi connectivity index (χ3v) is 3.65. The van der Waals surface area contributed by atoms with E-state index in [1.807, 2.05) is 14.1 Å². The van der Waals surface area contributed by atoms with Gasteiger partial charge in [0.2, 0.25) is 0 Å². The van der Waals surface area contributed by atoms with Crippen LogP contribution in [0, 0.1) is 0 Å². The van der Waals surface area contributed by atoms with E-state index in [0.717, 1.165) is 6.54 Å². The Kier molecular flexibility index (Phi) is 4.50. The van der Waals surface area contributed by atoms with Gasteiger partial charge in [0, 0.05) is 19.1 Å². The van der Waals surface area contributed by atoms with Crippen molar-refractivity contribution in [3.8, 4) is 0 Å². The van der Waals surface area contributed by atoms with Gasteiger partial charge in [-0.15, -0.1) is 0 Å². The minimum absolute atomic E-state index is 0.505. The first-order chi connectivity index (χ1) is 8.90. The van der Waals surface area contributed by atoms with E-state index in [0.29, 0.717) is 29.8 Å². The molecule has 1 aliphatic carbocycles. The van der Waals surface area contributed by atoms with Crippen molar-refractivity contribution in [2.75, 3.05) is 27.2 Å². The molecule has 0 spiro atoms. The number of hydrogen-bond donors (Lipinski definition) is 2. The van der Waals surface area contributed by atoms with E-state index in [2.05, 4.69) is 15.3 Å². The van der Waals surface area contributed by atoms with Gasteiger partial charge in [0.1, 0.15) is 5.60 Å². The lowest BCUT2D eigenvalue weighted by molar-refractivity contribution is 0.0467. The molecule has 5 nitrogen and oxygen atoms in total. The van der Waals surface area contributed by atoms with Gasteiger partial charge < -0.3 is 15.3 Å². The third kappa shape index (κ3) is 3.92. The normalized spacial score (nSPS) is 18.8. The summed E-state index contributed by atoms with van der Waals surface area (Å²) in [6.45, 7) is 3.87. The number of aromatic nitrogens is 2. The van der Waals surface area contributed by atoms with Gasteiger partial charge in [-0.25, -0.2) is 0 Å². The summed E-state index contributed by atoms with van der Waals surface area (Å²) in [4.78, 5) is 2.08. The largest absolute Gasteiger partial charge is 0.382 e. The molecule has 6 heteroatoms. The van der Waals surface area contributed by atoms with Crippen molar-refractivity contribution in [2.24, 2.45) is 0 Å². The first-order valence-electron chi connectivity index (χ1n) is 6.72. The smallest absolute Gasteiger partial charge is 0.117 e. The molecule has 1 aliphatic rings. The summed E-state index contributed by atoms with van der Waals surface area (Å²) in [6.07, 6.45) is 4.01. The van der Waals surface area contributed by atoms with Crippen molar-refractivity contribution in [2.45, 2.75) is 38.0 Å². The summed E-state index contributed by atoms with van der Waals surface area (Å²) in [6, 6.07) is 0.559. The summed E-state index contributed by atoms with van der Waals surface area (Å²) in [5, 5.41) is 18.8. The highest BCUT2D eigenvalue weighted by Gasteiger charge is 2.32. The zero-order chi connectivity index (χ0) is 14.0. The Morgan fingerprint density at radius 1 is 1.58 bits per heavy atom. The molecule has 1 aromatic rings. The van der Waals surface area contributed by atoms with Crippen molar-refractivity contribution < 1.29 is 5.11 Å². The van der Waals surface area contributed by atoms with Crippen LogP contribution in [-0.2, 0) is 12.1 Å². The molecule has 2 rings (SSSR count). The van der Waals surface area contributed by atoms with Gasteiger partial charge >= 0.3 is 0 Å². The number of hydrogen-bond acceptors (Lipinski definition) is 4. The Balaban J connectivity index is 2.08. The van der Waals surface area contributed by atoms with Crippen LogP contribution in [0.3, 0.4) is 0 Å². The first kappa shape index (κ1) is 14.8. The van der Waals surface area contributed by atoms with E-state index < -0.39 is 5.60 Å². The van der Waals surface area contributed by atoms with Crippen LogP contribution in [0.2, 0.25) is 5.02 Å². The lowest BCUT2D eigenvalue weighted by Gasteiger charge is -2.26. The van der Waals surface area contributed by atoms with E-state index in [-0.39, 0.29) is 0 Å². The molecule has 1 unspecified atom stereocenters. The molecule has 1 aromatic heterocycles. The Hall–Kier alpha value is -0.620. The minimum Gasteiger partial charge on any atom is -0.382 e. The zero-order valence-electron chi connectivity index (χ0n) is 11.9. The fourth-order valence-corrected chi connectivity index (χ4v) is 2.42. The summed E-state index contributed by atoms with van der Waals surface area (Å²) in [5.74, 6) is 0. The number of likely N-dealkylation sites (N-methyl/N-ethyl adjacent to an activating group) is 1. The van der Waals surface area contributed by atoms with Crippen LogP contribution in [-0.4, -0.2) is 53.0 Å². The molecule has 0 saturated heterocycles. The fourth-order valence-electron chi connectivity index (χ4n) is 2.08. The first-order valence-corrected chi connectivity index (χ1v) is 7.10. The van der Waals surface area contributed by atoms with Gasteiger partial charge in [0.15, 0.2) is 0 Å². The average molecular weight is 287 g/mol. The maximum atomic E-state index is 10.7. The molecule has 0 radical (unpaired) electrons. The molecule has 19 heavy (non-hydrogen) atoms. The third-order valence-electron chi connectivity index (χ3n) is 3.38. The standard InChI is InChI=1S/C13H23ClN4O/c1-13(19,9-15-10-4-5-10)12-11(14)8-16-18(12)7-6-17(2)3/h8,10,15,19H,4-7,9H2,1-3H3. The monoisotopic (exact) mass is 286 g/mol. The number of nitrogens with zero attached hydrogens (tertiary/aromatic N) is 3. The Morgan fingerprint density at radius 2 is 2.26 bits per heavy atom. The Bertz CT molecular complexity index is 426. The van der Waals surface area contributed by atoms with Crippen molar-refractivity contribution in [3.05, 3.63) is 16.9 Å². The van der Waals surface area contributed by atoms with Crippen molar-refractivity contribution >= 4 is 11.6 Å². The average Bonchev–Trinajstić information content (AvgIpc) is 3.07. The van der Waals surface area contributed by atoms with Gasteiger partial charge in [-0.2, -0.15) is 5.10 Å². The van der Waals surface area contributed by atoms with E-state index >= 15 is 0 Å². The summed E-state index contributed by atoms with van der Waals surface area (Å²) in [7, 11) is 4.02. The van der Waals surface area contributed by atoms with E-state index in [9.17, 15) is 5.11 Å². The Labute approximate surface area is 119 Å². The predicted octanol–water partition coefficient (Wildman–Crippen LogP) is 1.06.